The number of aryl methyl sites for hydroxylation is 1. The summed E-state index contributed by atoms with van der Waals surface area (Å²) < 4.78 is 40.3. The molecule has 10 heteroatoms. The molecule has 0 aliphatic carbocycles. The lowest BCUT2D eigenvalue weighted by molar-refractivity contribution is -0.137. The first-order chi connectivity index (χ1) is 13.7. The van der Waals surface area contributed by atoms with Gasteiger partial charge in [0.2, 0.25) is 5.91 Å². The van der Waals surface area contributed by atoms with Crippen LogP contribution in [0.1, 0.15) is 11.1 Å². The summed E-state index contributed by atoms with van der Waals surface area (Å²) in [6, 6.07) is 10.5. The van der Waals surface area contributed by atoms with E-state index in [0.717, 1.165) is 41.1 Å². The number of alkyl halides is 3. The summed E-state index contributed by atoms with van der Waals surface area (Å²) >= 11 is 7.03. The predicted molar refractivity (Wildman–Crippen MR) is 107 cm³/mol. The van der Waals surface area contributed by atoms with Crippen LogP contribution in [-0.4, -0.2) is 26.4 Å². The van der Waals surface area contributed by atoms with Gasteiger partial charge in [-0.15, -0.1) is 10.2 Å². The molecule has 5 nitrogen and oxygen atoms in total. The lowest BCUT2D eigenvalue weighted by Crippen LogP contribution is -2.16. The maximum Gasteiger partial charge on any atom is 0.416 e. The van der Waals surface area contributed by atoms with Crippen LogP contribution in [0.4, 0.5) is 18.9 Å². The van der Waals surface area contributed by atoms with Crippen LogP contribution in [0.5, 0.6) is 0 Å². The molecule has 0 saturated heterocycles. The smallest absolute Gasteiger partial charge is 0.324 e. The number of nitrogens with one attached hydrogen (secondary N) is 1. The topological polar surface area (TPSA) is 59.8 Å². The second kappa shape index (κ2) is 8.46. The number of rotatable bonds is 5. The third kappa shape index (κ3) is 4.91. The number of amides is 1. The molecule has 3 rings (SSSR count). The molecule has 152 valence electrons. The van der Waals surface area contributed by atoms with Crippen LogP contribution in [0.3, 0.4) is 0 Å². The van der Waals surface area contributed by atoms with E-state index >= 15 is 0 Å². The first kappa shape index (κ1) is 21.2. The Bertz CT molecular complexity index is 1050. The molecule has 0 aliphatic rings. The molecule has 0 radical (unpaired) electrons. The molecule has 0 saturated carbocycles. The Morgan fingerprint density at radius 2 is 1.93 bits per heavy atom. The Morgan fingerprint density at radius 1 is 1.21 bits per heavy atom. The number of hydrogen-bond acceptors (Lipinski definition) is 4. The van der Waals surface area contributed by atoms with E-state index in [4.69, 9.17) is 11.6 Å². The Balaban J connectivity index is 1.69. The number of hydrogen-bond donors (Lipinski definition) is 1. The van der Waals surface area contributed by atoms with Crippen molar-refractivity contribution in [2.45, 2.75) is 18.3 Å². The van der Waals surface area contributed by atoms with E-state index in [1.165, 1.54) is 0 Å². The molecule has 1 heterocycles. The molecule has 0 aliphatic heterocycles. The number of benzene rings is 2. The van der Waals surface area contributed by atoms with E-state index in [0.29, 0.717) is 11.0 Å². The highest BCUT2D eigenvalue weighted by Crippen LogP contribution is 2.34. The van der Waals surface area contributed by atoms with E-state index in [2.05, 4.69) is 15.5 Å². The van der Waals surface area contributed by atoms with Crippen LogP contribution < -0.4 is 5.32 Å². The molecule has 1 aromatic heterocycles. The second-order valence-corrected chi connectivity index (χ2v) is 7.56. The van der Waals surface area contributed by atoms with Crippen molar-refractivity contribution >= 4 is 35.0 Å². The summed E-state index contributed by atoms with van der Waals surface area (Å²) in [4.78, 5) is 12.2. The Morgan fingerprint density at radius 3 is 2.62 bits per heavy atom. The van der Waals surface area contributed by atoms with Crippen molar-refractivity contribution in [3.05, 3.63) is 58.6 Å². The molecule has 2 aromatic carbocycles. The second-order valence-electron chi connectivity index (χ2n) is 6.21. The van der Waals surface area contributed by atoms with E-state index in [1.54, 1.807) is 11.6 Å². The summed E-state index contributed by atoms with van der Waals surface area (Å²) in [6.45, 7) is 1.96. The van der Waals surface area contributed by atoms with Gasteiger partial charge in [0.1, 0.15) is 0 Å². The summed E-state index contributed by atoms with van der Waals surface area (Å²) in [5, 5.41) is 11.2. The maximum atomic E-state index is 12.8. The zero-order chi connectivity index (χ0) is 21.2. The molecular formula is C19H16ClF3N4OS. The average molecular weight is 441 g/mol. The Kier molecular flexibility index (Phi) is 6.18. The number of carbonyl (C=O) groups is 1. The predicted octanol–water partition coefficient (Wildman–Crippen LogP) is 5.19. The molecule has 1 amide bonds. The number of anilines is 1. The molecule has 0 unspecified atom stereocenters. The third-order valence-electron chi connectivity index (χ3n) is 4.12. The van der Waals surface area contributed by atoms with Gasteiger partial charge in [0.25, 0.3) is 0 Å². The number of carbonyl (C=O) groups excluding carboxylic acids is 1. The fourth-order valence-electron chi connectivity index (χ4n) is 2.61. The van der Waals surface area contributed by atoms with Crippen LogP contribution in [0.15, 0.2) is 47.6 Å². The summed E-state index contributed by atoms with van der Waals surface area (Å²) in [6.07, 6.45) is -4.52. The average Bonchev–Trinajstić information content (AvgIpc) is 3.02. The number of halogens is 4. The highest BCUT2D eigenvalue weighted by Gasteiger charge is 2.31. The van der Waals surface area contributed by atoms with Gasteiger partial charge in [-0.25, -0.2) is 0 Å². The van der Waals surface area contributed by atoms with Crippen LogP contribution >= 0.6 is 23.4 Å². The first-order valence-electron chi connectivity index (χ1n) is 8.41. The van der Waals surface area contributed by atoms with Crippen LogP contribution in [0.25, 0.3) is 11.4 Å². The lowest BCUT2D eigenvalue weighted by Gasteiger charge is -2.11. The highest BCUT2D eigenvalue weighted by molar-refractivity contribution is 7.99. The fourth-order valence-corrected chi connectivity index (χ4v) is 3.49. The minimum absolute atomic E-state index is 0.0249. The molecule has 0 spiro atoms. The fraction of sp³-hybridized carbons (Fsp3) is 0.211. The van der Waals surface area contributed by atoms with Gasteiger partial charge in [-0.1, -0.05) is 47.6 Å². The van der Waals surface area contributed by atoms with Gasteiger partial charge >= 0.3 is 6.18 Å². The van der Waals surface area contributed by atoms with Gasteiger partial charge in [0, 0.05) is 12.6 Å². The van der Waals surface area contributed by atoms with Crippen molar-refractivity contribution in [1.82, 2.24) is 14.8 Å². The zero-order valence-corrected chi connectivity index (χ0v) is 17.0. The lowest BCUT2D eigenvalue weighted by atomic mass is 10.1. The van der Waals surface area contributed by atoms with Crippen molar-refractivity contribution in [3.63, 3.8) is 0 Å². The molecule has 0 atom stereocenters. The first-order valence-corrected chi connectivity index (χ1v) is 9.78. The van der Waals surface area contributed by atoms with E-state index in [9.17, 15) is 18.0 Å². The van der Waals surface area contributed by atoms with Gasteiger partial charge < -0.3 is 9.88 Å². The number of nitrogens with zero attached hydrogens (tertiary/aromatic N) is 3. The maximum absolute atomic E-state index is 12.8. The minimum Gasteiger partial charge on any atom is -0.324 e. The zero-order valence-electron chi connectivity index (χ0n) is 15.4. The largest absolute Gasteiger partial charge is 0.416 e. The molecule has 29 heavy (non-hydrogen) atoms. The summed E-state index contributed by atoms with van der Waals surface area (Å²) in [5.41, 5.74) is 0.984. The van der Waals surface area contributed by atoms with Crippen LogP contribution in [0.2, 0.25) is 5.02 Å². The van der Waals surface area contributed by atoms with Gasteiger partial charge in [-0.05, 0) is 30.7 Å². The number of aromatic nitrogens is 3. The molecule has 0 bridgehead atoms. The Labute approximate surface area is 174 Å². The van der Waals surface area contributed by atoms with Crippen molar-refractivity contribution in [2.75, 3.05) is 11.1 Å². The van der Waals surface area contributed by atoms with Gasteiger partial charge in [0.05, 0.1) is 22.0 Å². The standard InChI is InChI=1S/C19H16ClF3N4OS/c1-11-5-3-4-6-13(11)17-25-26-18(27(17)2)29-10-16(28)24-15-9-12(19(21,22)23)7-8-14(15)20/h3-9H,10H2,1-2H3,(H,24,28). The van der Waals surface area contributed by atoms with Crippen LogP contribution in [-0.2, 0) is 18.0 Å². The normalized spacial score (nSPS) is 11.5. The van der Waals surface area contributed by atoms with Gasteiger partial charge in [-0.2, -0.15) is 13.2 Å². The van der Waals surface area contributed by atoms with Crippen molar-refractivity contribution < 1.29 is 18.0 Å². The highest BCUT2D eigenvalue weighted by atomic mass is 35.5. The van der Waals surface area contributed by atoms with E-state index < -0.39 is 17.6 Å². The van der Waals surface area contributed by atoms with Crippen molar-refractivity contribution in [1.29, 1.82) is 0 Å². The number of thioether (sulfide) groups is 1. The van der Waals surface area contributed by atoms with Gasteiger partial charge in [0.15, 0.2) is 11.0 Å². The molecule has 3 aromatic rings. The molecule has 1 N–H and O–H groups in total. The van der Waals surface area contributed by atoms with E-state index in [1.807, 2.05) is 31.2 Å². The third-order valence-corrected chi connectivity index (χ3v) is 5.47. The summed E-state index contributed by atoms with van der Waals surface area (Å²) in [7, 11) is 1.78. The van der Waals surface area contributed by atoms with Gasteiger partial charge in [-0.3, -0.25) is 4.79 Å². The van der Waals surface area contributed by atoms with Crippen molar-refractivity contribution in [3.8, 4) is 11.4 Å². The van der Waals surface area contributed by atoms with E-state index in [-0.39, 0.29) is 16.5 Å². The quantitative estimate of drug-likeness (QED) is 0.554. The molecular weight excluding hydrogens is 425 g/mol. The summed E-state index contributed by atoms with van der Waals surface area (Å²) in [5.74, 6) is 0.0929. The molecule has 0 fully saturated rings. The van der Waals surface area contributed by atoms with Crippen LogP contribution in [0, 0.1) is 6.92 Å². The minimum atomic E-state index is -4.52. The van der Waals surface area contributed by atoms with Crippen molar-refractivity contribution in [2.24, 2.45) is 7.05 Å². The SMILES string of the molecule is Cc1ccccc1-c1nnc(SCC(=O)Nc2cc(C(F)(F)F)ccc2Cl)n1C. The Hall–Kier alpha value is -2.52. The monoisotopic (exact) mass is 440 g/mol.